The first-order valence-corrected chi connectivity index (χ1v) is 5.58. The quantitative estimate of drug-likeness (QED) is 0.584. The molecule has 5 nitrogen and oxygen atoms in total. The largest absolute Gasteiger partial charge is 0.358 e. The molecule has 90 valence electrons. The van der Waals surface area contributed by atoms with E-state index in [1.54, 1.807) is 6.20 Å². The van der Waals surface area contributed by atoms with Crippen LogP contribution in [0.1, 0.15) is 52.1 Å². The Labute approximate surface area is 95.6 Å². The summed E-state index contributed by atoms with van der Waals surface area (Å²) < 4.78 is 1.48. The van der Waals surface area contributed by atoms with Crippen LogP contribution in [0.5, 0.6) is 0 Å². The monoisotopic (exact) mass is 225 g/mol. The highest BCUT2D eigenvalue weighted by atomic mass is 16.6. The highest BCUT2D eigenvalue weighted by Crippen LogP contribution is 2.32. The molecule has 1 aromatic heterocycles. The topological polar surface area (TPSA) is 61.0 Å². The zero-order valence-corrected chi connectivity index (χ0v) is 10.5. The van der Waals surface area contributed by atoms with Crippen LogP contribution in [0.2, 0.25) is 0 Å². The maximum absolute atomic E-state index is 11.1. The van der Waals surface area contributed by atoms with Crippen molar-refractivity contribution in [2.75, 3.05) is 0 Å². The maximum atomic E-state index is 11.1. The van der Waals surface area contributed by atoms with Crippen LogP contribution in [0.25, 0.3) is 0 Å². The summed E-state index contributed by atoms with van der Waals surface area (Å²) in [5, 5.41) is 15.2. The van der Waals surface area contributed by atoms with E-state index in [4.69, 9.17) is 0 Å². The van der Waals surface area contributed by atoms with Gasteiger partial charge in [-0.05, 0) is 30.6 Å². The summed E-state index contributed by atoms with van der Waals surface area (Å²) in [5.74, 6) is 0.646. The third-order valence-corrected chi connectivity index (χ3v) is 2.95. The van der Waals surface area contributed by atoms with Crippen LogP contribution in [-0.2, 0) is 0 Å². The number of aromatic nitrogens is 2. The molecule has 1 atom stereocenters. The van der Waals surface area contributed by atoms with Crippen molar-refractivity contribution in [3.63, 3.8) is 0 Å². The van der Waals surface area contributed by atoms with Crippen molar-refractivity contribution < 1.29 is 4.92 Å². The predicted octanol–water partition coefficient (Wildman–Crippen LogP) is 3.13. The molecule has 0 saturated heterocycles. The van der Waals surface area contributed by atoms with Gasteiger partial charge in [-0.15, -0.1) is 4.68 Å². The second-order valence-corrected chi connectivity index (χ2v) is 4.75. The van der Waals surface area contributed by atoms with E-state index < -0.39 is 0 Å². The zero-order valence-electron chi connectivity index (χ0n) is 10.5. The first-order valence-electron chi connectivity index (χ1n) is 5.58. The van der Waals surface area contributed by atoms with Gasteiger partial charge in [0.1, 0.15) is 6.04 Å². The Hall–Kier alpha value is -1.39. The Morgan fingerprint density at radius 3 is 2.25 bits per heavy atom. The summed E-state index contributed by atoms with van der Waals surface area (Å²) in [7, 11) is 0. The lowest BCUT2D eigenvalue weighted by Gasteiger charge is -2.13. The molecular weight excluding hydrogens is 206 g/mol. The first kappa shape index (κ1) is 12.7. The Morgan fingerprint density at radius 2 is 1.88 bits per heavy atom. The van der Waals surface area contributed by atoms with Crippen LogP contribution in [0.3, 0.4) is 0 Å². The van der Waals surface area contributed by atoms with Crippen LogP contribution in [0, 0.1) is 16.0 Å². The van der Waals surface area contributed by atoms with Crippen molar-refractivity contribution in [2.24, 2.45) is 5.92 Å². The molecule has 0 radical (unpaired) electrons. The van der Waals surface area contributed by atoms with E-state index in [-0.39, 0.29) is 22.7 Å². The second-order valence-electron chi connectivity index (χ2n) is 4.75. The van der Waals surface area contributed by atoms with E-state index in [1.165, 1.54) is 4.68 Å². The number of rotatable bonds is 4. The van der Waals surface area contributed by atoms with E-state index in [0.717, 1.165) is 5.56 Å². The van der Waals surface area contributed by atoms with Gasteiger partial charge in [0.05, 0.1) is 11.8 Å². The lowest BCUT2D eigenvalue weighted by molar-refractivity contribution is -0.393. The second kappa shape index (κ2) is 4.63. The predicted molar refractivity (Wildman–Crippen MR) is 62.5 cm³/mol. The van der Waals surface area contributed by atoms with Crippen LogP contribution in [0.15, 0.2) is 6.20 Å². The molecule has 0 spiro atoms. The van der Waals surface area contributed by atoms with E-state index in [1.807, 2.05) is 20.8 Å². The molecule has 1 rings (SSSR count). The third-order valence-electron chi connectivity index (χ3n) is 2.95. The molecule has 0 aliphatic rings. The van der Waals surface area contributed by atoms with E-state index in [0.29, 0.717) is 5.92 Å². The van der Waals surface area contributed by atoms with Crippen LogP contribution >= 0.6 is 0 Å². The molecule has 0 aromatic carbocycles. The van der Waals surface area contributed by atoms with Gasteiger partial charge in [0.25, 0.3) is 0 Å². The highest BCUT2D eigenvalue weighted by molar-refractivity contribution is 5.35. The molecule has 1 unspecified atom stereocenters. The number of hydrogen-bond acceptors (Lipinski definition) is 3. The van der Waals surface area contributed by atoms with Gasteiger partial charge in [-0.2, -0.15) is 0 Å². The molecule has 16 heavy (non-hydrogen) atoms. The average molecular weight is 225 g/mol. The number of hydrogen-bond donors (Lipinski definition) is 0. The minimum atomic E-state index is -0.332. The first-order chi connectivity index (χ1) is 7.36. The molecule has 1 heterocycles. The summed E-state index contributed by atoms with van der Waals surface area (Å²) in [6.45, 7) is 9.90. The SMILES string of the molecule is CC(C)C(C)c1cnn(C(C)C)c1[N+](=O)[O-]. The van der Waals surface area contributed by atoms with Gasteiger partial charge in [0.2, 0.25) is 0 Å². The standard InChI is InChI=1S/C11H19N3O2/c1-7(2)9(5)10-6-12-13(8(3)4)11(10)14(15)16/h6-9H,1-5H3. The molecule has 0 N–H and O–H groups in total. The fourth-order valence-electron chi connectivity index (χ4n) is 1.62. The molecule has 1 aromatic rings. The normalized spacial score (nSPS) is 13.4. The van der Waals surface area contributed by atoms with Crippen LogP contribution < -0.4 is 0 Å². The molecule has 0 bridgehead atoms. The number of nitro groups is 1. The average Bonchev–Trinajstić information content (AvgIpc) is 2.60. The van der Waals surface area contributed by atoms with E-state index in [2.05, 4.69) is 18.9 Å². The summed E-state index contributed by atoms with van der Waals surface area (Å²) in [4.78, 5) is 10.7. The van der Waals surface area contributed by atoms with Crippen molar-refractivity contribution in [2.45, 2.75) is 46.6 Å². The van der Waals surface area contributed by atoms with Gasteiger partial charge in [-0.1, -0.05) is 25.9 Å². The smallest absolute Gasteiger partial charge is 0.348 e. The Morgan fingerprint density at radius 1 is 1.31 bits per heavy atom. The van der Waals surface area contributed by atoms with Gasteiger partial charge in [0, 0.05) is 0 Å². The summed E-state index contributed by atoms with van der Waals surface area (Å²) in [6, 6.07) is 0.00788. The van der Waals surface area contributed by atoms with Gasteiger partial charge in [-0.25, -0.2) is 0 Å². The molecule has 0 aliphatic heterocycles. The summed E-state index contributed by atoms with van der Waals surface area (Å²) >= 11 is 0. The molecule has 0 aliphatic carbocycles. The Bertz CT molecular complexity index is 383. The minimum absolute atomic E-state index is 0.00788. The van der Waals surface area contributed by atoms with Gasteiger partial charge >= 0.3 is 5.82 Å². The van der Waals surface area contributed by atoms with Crippen LogP contribution in [0.4, 0.5) is 5.82 Å². The van der Waals surface area contributed by atoms with Gasteiger partial charge in [-0.3, -0.25) is 0 Å². The molecule has 0 amide bonds. The Balaban J connectivity index is 3.25. The third kappa shape index (κ3) is 2.23. The van der Waals surface area contributed by atoms with Crippen molar-refractivity contribution in [3.8, 4) is 0 Å². The van der Waals surface area contributed by atoms with Crippen molar-refractivity contribution in [1.82, 2.24) is 9.78 Å². The van der Waals surface area contributed by atoms with Crippen molar-refractivity contribution in [3.05, 3.63) is 21.9 Å². The molecule has 0 fully saturated rings. The molecular formula is C11H19N3O2. The van der Waals surface area contributed by atoms with Gasteiger partial charge < -0.3 is 10.1 Å². The number of nitrogens with zero attached hydrogens (tertiary/aromatic N) is 3. The minimum Gasteiger partial charge on any atom is -0.358 e. The molecule has 5 heteroatoms. The van der Waals surface area contributed by atoms with Crippen molar-refractivity contribution >= 4 is 5.82 Å². The fraction of sp³-hybridized carbons (Fsp3) is 0.727. The fourth-order valence-corrected chi connectivity index (χ4v) is 1.62. The Kier molecular flexibility index (Phi) is 3.67. The van der Waals surface area contributed by atoms with Crippen molar-refractivity contribution in [1.29, 1.82) is 0 Å². The van der Waals surface area contributed by atoms with Gasteiger partial charge in [0.15, 0.2) is 0 Å². The molecule has 0 saturated carbocycles. The van der Waals surface area contributed by atoms with E-state index >= 15 is 0 Å². The summed E-state index contributed by atoms with van der Waals surface area (Å²) in [5.41, 5.74) is 0.730. The van der Waals surface area contributed by atoms with E-state index in [9.17, 15) is 10.1 Å². The zero-order chi connectivity index (χ0) is 12.5. The maximum Gasteiger partial charge on any atom is 0.348 e. The summed E-state index contributed by atoms with van der Waals surface area (Å²) in [6.07, 6.45) is 1.63. The van der Waals surface area contributed by atoms with Crippen LogP contribution in [-0.4, -0.2) is 14.7 Å². The lowest BCUT2D eigenvalue weighted by atomic mass is 9.92. The highest BCUT2D eigenvalue weighted by Gasteiger charge is 2.28. The lowest BCUT2D eigenvalue weighted by Crippen LogP contribution is -2.10.